The Morgan fingerprint density at radius 2 is 1.62 bits per heavy atom. The number of rotatable bonds is 7. The summed E-state index contributed by atoms with van der Waals surface area (Å²) in [4.78, 5) is 27.4. The summed E-state index contributed by atoms with van der Waals surface area (Å²) in [5, 5.41) is 10.7. The number of methoxy groups -OCH3 is 1. The number of hydrogen-bond acceptors (Lipinski definition) is 5. The Morgan fingerprint density at radius 3 is 2.24 bits per heavy atom. The normalized spacial score (nSPS) is 14.7. The number of hydrogen-bond donors (Lipinski definition) is 0. The SMILES string of the molecule is COc1ccc(CN2C(=O)C(C#N)=C(C)/C(=C\c3ccc(OCc4ccc(Cl)cc4Cl)cc3)C2=O)cc1. The van der Waals surface area contributed by atoms with Crippen molar-refractivity contribution in [1.82, 2.24) is 4.90 Å². The van der Waals surface area contributed by atoms with Crippen LogP contribution in [0.3, 0.4) is 0 Å². The van der Waals surface area contributed by atoms with Crippen molar-refractivity contribution in [1.29, 1.82) is 5.26 Å². The fraction of sp³-hybridized carbons (Fsp3) is 0.138. The van der Waals surface area contributed by atoms with Gasteiger partial charge in [-0.2, -0.15) is 5.26 Å². The van der Waals surface area contributed by atoms with Crippen molar-refractivity contribution in [3.05, 3.63) is 110 Å². The van der Waals surface area contributed by atoms with E-state index in [2.05, 4.69) is 0 Å². The van der Waals surface area contributed by atoms with Gasteiger partial charge in [0.05, 0.1) is 13.7 Å². The third-order valence-corrected chi connectivity index (χ3v) is 6.51. The lowest BCUT2D eigenvalue weighted by molar-refractivity contribution is -0.141. The van der Waals surface area contributed by atoms with E-state index in [0.717, 1.165) is 21.6 Å². The maximum absolute atomic E-state index is 13.3. The van der Waals surface area contributed by atoms with Crippen LogP contribution in [-0.2, 0) is 22.7 Å². The van der Waals surface area contributed by atoms with Crippen LogP contribution in [0.4, 0.5) is 0 Å². The van der Waals surface area contributed by atoms with Crippen molar-refractivity contribution in [3.63, 3.8) is 0 Å². The molecule has 8 heteroatoms. The standard InChI is InChI=1S/C29H22Cl2N2O4/c1-18-25(13-19-3-11-24(12-4-19)37-17-21-7-8-22(30)14-27(21)31)28(34)33(29(35)26(18)15-32)16-20-5-9-23(36-2)10-6-20/h3-14H,16-17H2,1-2H3/b25-13+. The highest BCUT2D eigenvalue weighted by molar-refractivity contribution is 6.35. The zero-order valence-corrected chi connectivity index (χ0v) is 21.6. The quantitative estimate of drug-likeness (QED) is 0.260. The number of nitriles is 1. The molecule has 3 aromatic rings. The summed E-state index contributed by atoms with van der Waals surface area (Å²) >= 11 is 12.1. The number of ether oxygens (including phenoxy) is 2. The summed E-state index contributed by atoms with van der Waals surface area (Å²) in [5.74, 6) is 0.208. The molecular weight excluding hydrogens is 511 g/mol. The highest BCUT2D eigenvalue weighted by Gasteiger charge is 2.35. The number of nitrogens with zero attached hydrogens (tertiary/aromatic N) is 2. The number of imide groups is 1. The molecule has 0 unspecified atom stereocenters. The van der Waals surface area contributed by atoms with E-state index in [-0.39, 0.29) is 24.3 Å². The topological polar surface area (TPSA) is 79.6 Å². The summed E-state index contributed by atoms with van der Waals surface area (Å²) in [7, 11) is 1.56. The average molecular weight is 533 g/mol. The van der Waals surface area contributed by atoms with Gasteiger partial charge in [-0.3, -0.25) is 14.5 Å². The molecule has 0 fully saturated rings. The molecule has 1 aliphatic heterocycles. The van der Waals surface area contributed by atoms with Crippen LogP contribution < -0.4 is 9.47 Å². The van der Waals surface area contributed by atoms with E-state index in [4.69, 9.17) is 32.7 Å². The van der Waals surface area contributed by atoms with Crippen LogP contribution in [0, 0.1) is 11.3 Å². The minimum Gasteiger partial charge on any atom is -0.497 e. The van der Waals surface area contributed by atoms with Crippen LogP contribution in [0.25, 0.3) is 6.08 Å². The monoisotopic (exact) mass is 532 g/mol. The predicted octanol–water partition coefficient (Wildman–Crippen LogP) is 6.37. The van der Waals surface area contributed by atoms with Crippen molar-refractivity contribution in [2.75, 3.05) is 7.11 Å². The van der Waals surface area contributed by atoms with Gasteiger partial charge in [0.2, 0.25) is 0 Å². The first-order valence-electron chi connectivity index (χ1n) is 11.3. The molecule has 4 rings (SSSR count). The molecule has 0 N–H and O–H groups in total. The van der Waals surface area contributed by atoms with Crippen LogP contribution in [0.15, 0.2) is 83.4 Å². The fourth-order valence-corrected chi connectivity index (χ4v) is 4.28. The smallest absolute Gasteiger partial charge is 0.271 e. The van der Waals surface area contributed by atoms with E-state index in [0.29, 0.717) is 27.1 Å². The molecule has 0 spiro atoms. The van der Waals surface area contributed by atoms with Crippen LogP contribution >= 0.6 is 23.2 Å². The molecule has 0 radical (unpaired) electrons. The van der Waals surface area contributed by atoms with Gasteiger partial charge in [-0.05, 0) is 66.1 Å². The van der Waals surface area contributed by atoms with Gasteiger partial charge in [0.1, 0.15) is 29.7 Å². The Hall–Kier alpha value is -4.05. The minimum atomic E-state index is -0.609. The highest BCUT2D eigenvalue weighted by atomic mass is 35.5. The van der Waals surface area contributed by atoms with Gasteiger partial charge < -0.3 is 9.47 Å². The van der Waals surface area contributed by atoms with Gasteiger partial charge in [-0.25, -0.2) is 0 Å². The number of carbonyl (C=O) groups is 2. The molecule has 1 aliphatic rings. The van der Waals surface area contributed by atoms with Crippen LogP contribution in [0.5, 0.6) is 11.5 Å². The van der Waals surface area contributed by atoms with Crippen LogP contribution in [-0.4, -0.2) is 23.8 Å². The van der Waals surface area contributed by atoms with Gasteiger partial charge in [-0.1, -0.05) is 53.5 Å². The van der Waals surface area contributed by atoms with Gasteiger partial charge in [0.25, 0.3) is 11.8 Å². The van der Waals surface area contributed by atoms with Gasteiger partial charge >= 0.3 is 0 Å². The molecular formula is C29H22Cl2N2O4. The molecule has 0 saturated heterocycles. The van der Waals surface area contributed by atoms with Crippen molar-refractivity contribution >= 4 is 41.1 Å². The summed E-state index contributed by atoms with van der Waals surface area (Å²) in [6.45, 7) is 1.92. The second kappa shape index (κ2) is 11.3. The molecule has 0 aliphatic carbocycles. The highest BCUT2D eigenvalue weighted by Crippen LogP contribution is 2.29. The number of carbonyl (C=O) groups excluding carboxylic acids is 2. The summed E-state index contributed by atoms with van der Waals surface area (Å²) in [6, 6.07) is 21.4. The van der Waals surface area contributed by atoms with Crippen molar-refractivity contribution in [2.24, 2.45) is 0 Å². The van der Waals surface area contributed by atoms with Crippen molar-refractivity contribution in [2.45, 2.75) is 20.1 Å². The average Bonchev–Trinajstić information content (AvgIpc) is 2.90. The van der Waals surface area contributed by atoms with E-state index in [1.165, 1.54) is 0 Å². The van der Waals surface area contributed by atoms with Gasteiger partial charge in [0, 0.05) is 21.2 Å². The zero-order chi connectivity index (χ0) is 26.5. The number of benzene rings is 3. The summed E-state index contributed by atoms with van der Waals surface area (Å²) in [6.07, 6.45) is 1.67. The second-order valence-electron chi connectivity index (χ2n) is 8.31. The largest absolute Gasteiger partial charge is 0.497 e. The van der Waals surface area contributed by atoms with Crippen molar-refractivity contribution in [3.8, 4) is 17.6 Å². The van der Waals surface area contributed by atoms with E-state index >= 15 is 0 Å². The van der Waals surface area contributed by atoms with Crippen LogP contribution in [0.1, 0.15) is 23.6 Å². The summed E-state index contributed by atoms with van der Waals surface area (Å²) < 4.78 is 11.0. The van der Waals surface area contributed by atoms with E-state index in [9.17, 15) is 14.9 Å². The maximum Gasteiger partial charge on any atom is 0.271 e. The van der Waals surface area contributed by atoms with E-state index in [1.807, 2.05) is 6.07 Å². The van der Waals surface area contributed by atoms with Gasteiger partial charge in [-0.15, -0.1) is 0 Å². The summed E-state index contributed by atoms with van der Waals surface area (Å²) in [5.41, 5.74) is 2.83. The lowest BCUT2D eigenvalue weighted by atomic mass is 9.93. The molecule has 186 valence electrons. The Bertz CT molecular complexity index is 1450. The number of amides is 2. The van der Waals surface area contributed by atoms with E-state index in [1.54, 1.807) is 86.8 Å². The minimum absolute atomic E-state index is 0.0392. The Balaban J connectivity index is 1.55. The molecule has 2 amide bonds. The third-order valence-electron chi connectivity index (χ3n) is 5.93. The number of halogens is 2. The molecule has 0 aromatic heterocycles. The molecule has 3 aromatic carbocycles. The first-order chi connectivity index (χ1) is 17.8. The molecule has 0 saturated carbocycles. The molecule has 0 atom stereocenters. The van der Waals surface area contributed by atoms with Crippen molar-refractivity contribution < 1.29 is 19.1 Å². The molecule has 0 bridgehead atoms. The third kappa shape index (κ3) is 5.86. The predicted molar refractivity (Wildman–Crippen MR) is 142 cm³/mol. The molecule has 37 heavy (non-hydrogen) atoms. The van der Waals surface area contributed by atoms with Crippen LogP contribution in [0.2, 0.25) is 10.0 Å². The second-order valence-corrected chi connectivity index (χ2v) is 9.15. The lowest BCUT2D eigenvalue weighted by Gasteiger charge is -2.27. The fourth-order valence-electron chi connectivity index (χ4n) is 3.81. The Labute approximate surface area is 224 Å². The Morgan fingerprint density at radius 1 is 0.946 bits per heavy atom. The first-order valence-corrected chi connectivity index (χ1v) is 12.0. The maximum atomic E-state index is 13.3. The molecule has 1 heterocycles. The Kier molecular flexibility index (Phi) is 7.98. The molecule has 6 nitrogen and oxygen atoms in total. The lowest BCUT2D eigenvalue weighted by Crippen LogP contribution is -2.42. The van der Waals surface area contributed by atoms with Gasteiger partial charge in [0.15, 0.2) is 0 Å². The van der Waals surface area contributed by atoms with E-state index < -0.39 is 11.8 Å². The first kappa shape index (κ1) is 26.0. The zero-order valence-electron chi connectivity index (χ0n) is 20.1.